The van der Waals surface area contributed by atoms with Crippen molar-refractivity contribution in [3.8, 4) is 0 Å². The van der Waals surface area contributed by atoms with E-state index in [1.165, 1.54) is 15.8 Å². The van der Waals surface area contributed by atoms with E-state index in [2.05, 4.69) is 22.5 Å². The molecule has 0 bridgehead atoms. The third-order valence-electron chi connectivity index (χ3n) is 5.44. The molecule has 1 atom stereocenters. The first-order chi connectivity index (χ1) is 13.7. The fraction of sp³-hybridized carbons (Fsp3) is 0.286. The highest BCUT2D eigenvalue weighted by Gasteiger charge is 2.24. The lowest BCUT2D eigenvalue weighted by atomic mass is 10.1. The van der Waals surface area contributed by atoms with Gasteiger partial charge in [-0.05, 0) is 41.5 Å². The maximum atomic E-state index is 12.9. The first-order valence-electron chi connectivity index (χ1n) is 9.51. The lowest BCUT2D eigenvalue weighted by Gasteiger charge is -2.15. The fourth-order valence-electron chi connectivity index (χ4n) is 4.12. The summed E-state index contributed by atoms with van der Waals surface area (Å²) in [6.45, 7) is 1.94. The summed E-state index contributed by atoms with van der Waals surface area (Å²) in [5.74, 6) is 0.599. The first kappa shape index (κ1) is 17.2. The van der Waals surface area contributed by atoms with Crippen molar-refractivity contribution < 1.29 is 4.79 Å². The molecule has 0 radical (unpaired) electrons. The Balaban J connectivity index is 1.46. The van der Waals surface area contributed by atoms with Crippen molar-refractivity contribution in [1.82, 2.24) is 19.5 Å². The predicted octanol–water partition coefficient (Wildman–Crippen LogP) is 3.08. The standard InChI is InChI=1S/C21H20N4O2S/c1-2-18-23-24(20(27)17-11-14-9-10-28-21(14)25(17)18)12-19(26)22-16-8-7-13-5-3-4-6-15(13)16/h3-6,9-11,16H,2,7-8,12H2,1H3,(H,22,26)/t16-/m0/s1. The van der Waals surface area contributed by atoms with Gasteiger partial charge in [0.15, 0.2) is 0 Å². The molecule has 3 heterocycles. The summed E-state index contributed by atoms with van der Waals surface area (Å²) in [6.07, 6.45) is 2.53. The van der Waals surface area contributed by atoms with Crippen LogP contribution < -0.4 is 10.9 Å². The van der Waals surface area contributed by atoms with Gasteiger partial charge in [0.2, 0.25) is 5.91 Å². The molecule has 5 rings (SSSR count). The second kappa shape index (κ2) is 6.60. The number of aryl methyl sites for hydroxylation is 2. The van der Waals surface area contributed by atoms with Crippen LogP contribution in [0.2, 0.25) is 0 Å². The Bertz CT molecular complexity index is 1270. The van der Waals surface area contributed by atoms with Crippen LogP contribution in [0.1, 0.15) is 36.3 Å². The zero-order chi connectivity index (χ0) is 19.3. The Morgan fingerprint density at radius 3 is 3.04 bits per heavy atom. The van der Waals surface area contributed by atoms with Gasteiger partial charge in [-0.1, -0.05) is 31.2 Å². The van der Waals surface area contributed by atoms with Crippen molar-refractivity contribution in [2.24, 2.45) is 0 Å². The topological polar surface area (TPSA) is 68.4 Å². The quantitative estimate of drug-likeness (QED) is 0.580. The van der Waals surface area contributed by atoms with E-state index in [1.807, 2.05) is 41.0 Å². The van der Waals surface area contributed by atoms with Gasteiger partial charge in [0.25, 0.3) is 5.56 Å². The smallest absolute Gasteiger partial charge is 0.291 e. The highest BCUT2D eigenvalue weighted by molar-refractivity contribution is 7.16. The summed E-state index contributed by atoms with van der Waals surface area (Å²) in [5.41, 5.74) is 2.80. The SMILES string of the molecule is CCc1nn(CC(=O)N[C@H]2CCc3ccccc32)c(=O)c2cc3ccsc3n12. The lowest BCUT2D eigenvalue weighted by molar-refractivity contribution is -0.122. The van der Waals surface area contributed by atoms with Crippen LogP contribution in [-0.4, -0.2) is 20.1 Å². The Morgan fingerprint density at radius 2 is 2.18 bits per heavy atom. The maximum absolute atomic E-state index is 12.9. The van der Waals surface area contributed by atoms with E-state index in [4.69, 9.17) is 0 Å². The molecular formula is C21H20N4O2S. The number of hydrogen-bond donors (Lipinski definition) is 1. The molecule has 0 unspecified atom stereocenters. The van der Waals surface area contributed by atoms with Crippen molar-refractivity contribution in [2.45, 2.75) is 38.8 Å². The van der Waals surface area contributed by atoms with Crippen molar-refractivity contribution in [3.05, 3.63) is 69.1 Å². The molecule has 28 heavy (non-hydrogen) atoms. The van der Waals surface area contributed by atoms with E-state index in [-0.39, 0.29) is 24.1 Å². The van der Waals surface area contributed by atoms with Crippen LogP contribution in [-0.2, 0) is 24.2 Å². The highest BCUT2D eigenvalue weighted by Crippen LogP contribution is 2.30. The van der Waals surface area contributed by atoms with Gasteiger partial charge in [0.05, 0.1) is 6.04 Å². The van der Waals surface area contributed by atoms with E-state index in [0.717, 1.165) is 28.9 Å². The van der Waals surface area contributed by atoms with Gasteiger partial charge in [-0.15, -0.1) is 11.3 Å². The second-order valence-electron chi connectivity index (χ2n) is 7.14. The van der Waals surface area contributed by atoms with Crippen molar-refractivity contribution in [2.75, 3.05) is 0 Å². The van der Waals surface area contributed by atoms with E-state index in [0.29, 0.717) is 11.9 Å². The predicted molar refractivity (Wildman–Crippen MR) is 110 cm³/mol. The molecule has 7 heteroatoms. The molecule has 1 aliphatic rings. The van der Waals surface area contributed by atoms with Crippen LogP contribution >= 0.6 is 11.3 Å². The third kappa shape index (κ3) is 2.65. The number of amides is 1. The molecule has 1 aliphatic carbocycles. The monoisotopic (exact) mass is 392 g/mol. The van der Waals surface area contributed by atoms with E-state index in [1.54, 1.807) is 11.3 Å². The third-order valence-corrected chi connectivity index (χ3v) is 6.35. The lowest BCUT2D eigenvalue weighted by Crippen LogP contribution is -2.36. The van der Waals surface area contributed by atoms with Crippen molar-refractivity contribution in [3.63, 3.8) is 0 Å². The molecule has 0 spiro atoms. The number of nitrogens with zero attached hydrogens (tertiary/aromatic N) is 3. The molecule has 0 fully saturated rings. The van der Waals surface area contributed by atoms with Gasteiger partial charge in [0, 0.05) is 11.8 Å². The van der Waals surface area contributed by atoms with E-state index in [9.17, 15) is 9.59 Å². The minimum absolute atomic E-state index is 0.00687. The van der Waals surface area contributed by atoms with Crippen LogP contribution in [0.5, 0.6) is 0 Å². The number of carbonyl (C=O) groups excluding carboxylic acids is 1. The number of rotatable bonds is 4. The van der Waals surface area contributed by atoms with Gasteiger partial charge in [-0.3, -0.25) is 14.0 Å². The number of hydrogen-bond acceptors (Lipinski definition) is 4. The molecule has 142 valence electrons. The molecule has 4 aromatic rings. The van der Waals surface area contributed by atoms with Gasteiger partial charge >= 0.3 is 0 Å². The van der Waals surface area contributed by atoms with E-state index < -0.39 is 0 Å². The van der Waals surface area contributed by atoms with Crippen LogP contribution in [0.25, 0.3) is 15.7 Å². The van der Waals surface area contributed by atoms with Gasteiger partial charge < -0.3 is 5.32 Å². The Labute approximate surface area is 165 Å². The minimum atomic E-state index is -0.234. The van der Waals surface area contributed by atoms with Gasteiger partial charge in [0.1, 0.15) is 22.7 Å². The molecule has 1 N–H and O–H groups in total. The average molecular weight is 392 g/mol. The summed E-state index contributed by atoms with van der Waals surface area (Å²) >= 11 is 1.59. The second-order valence-corrected chi connectivity index (χ2v) is 8.03. The van der Waals surface area contributed by atoms with Crippen LogP contribution in [0, 0.1) is 0 Å². The molecule has 3 aromatic heterocycles. The largest absolute Gasteiger partial charge is 0.348 e. The molecular weight excluding hydrogens is 372 g/mol. The number of thiophene rings is 1. The summed E-state index contributed by atoms with van der Waals surface area (Å²) in [5, 5.41) is 10.6. The number of carbonyl (C=O) groups is 1. The summed E-state index contributed by atoms with van der Waals surface area (Å²) in [4.78, 5) is 26.6. The number of nitrogens with one attached hydrogen (secondary N) is 1. The molecule has 1 aromatic carbocycles. The van der Waals surface area contributed by atoms with E-state index >= 15 is 0 Å². The van der Waals surface area contributed by atoms with Crippen molar-refractivity contribution >= 4 is 33.0 Å². The molecule has 0 aliphatic heterocycles. The number of aromatic nitrogens is 3. The average Bonchev–Trinajstić information content (AvgIpc) is 3.39. The molecule has 0 saturated heterocycles. The normalized spacial score (nSPS) is 16.0. The summed E-state index contributed by atoms with van der Waals surface area (Å²) < 4.78 is 3.22. The summed E-state index contributed by atoms with van der Waals surface area (Å²) in [6, 6.07) is 12.1. The Kier molecular flexibility index (Phi) is 4.05. The van der Waals surface area contributed by atoms with Crippen LogP contribution in [0.4, 0.5) is 0 Å². The minimum Gasteiger partial charge on any atom is -0.348 e. The van der Waals surface area contributed by atoms with Crippen LogP contribution in [0.3, 0.4) is 0 Å². The van der Waals surface area contributed by atoms with Gasteiger partial charge in [-0.2, -0.15) is 5.10 Å². The van der Waals surface area contributed by atoms with Gasteiger partial charge in [-0.25, -0.2) is 4.68 Å². The Morgan fingerprint density at radius 1 is 1.32 bits per heavy atom. The number of fused-ring (bicyclic) bond motifs is 4. The highest BCUT2D eigenvalue weighted by atomic mass is 32.1. The first-order valence-corrected chi connectivity index (χ1v) is 10.4. The van der Waals surface area contributed by atoms with Crippen LogP contribution in [0.15, 0.2) is 46.6 Å². The zero-order valence-electron chi connectivity index (χ0n) is 15.5. The van der Waals surface area contributed by atoms with Crippen molar-refractivity contribution in [1.29, 1.82) is 0 Å². The molecule has 0 saturated carbocycles. The Hall–Kier alpha value is -2.93. The maximum Gasteiger partial charge on any atom is 0.291 e. The summed E-state index contributed by atoms with van der Waals surface area (Å²) in [7, 11) is 0. The number of benzene rings is 1. The molecule has 6 nitrogen and oxygen atoms in total. The zero-order valence-corrected chi connectivity index (χ0v) is 16.3. The fourth-order valence-corrected chi connectivity index (χ4v) is 5.03. The molecule has 1 amide bonds.